The van der Waals surface area contributed by atoms with Crippen LogP contribution in [0.15, 0.2) is 79.1 Å². The van der Waals surface area contributed by atoms with E-state index in [1.54, 1.807) is 6.20 Å². The van der Waals surface area contributed by atoms with E-state index in [4.69, 9.17) is 0 Å². The van der Waals surface area contributed by atoms with Crippen LogP contribution >= 0.6 is 0 Å². The number of carbonyl (C=O) groups excluding carboxylic acids is 1. The number of pyridine rings is 1. The maximum atomic E-state index is 13.3. The summed E-state index contributed by atoms with van der Waals surface area (Å²) in [4.78, 5) is 19.6. The molecule has 2 aromatic carbocycles. The largest absolute Gasteiger partial charge is 0.306 e. The molecule has 0 aliphatic carbocycles. The Morgan fingerprint density at radius 1 is 0.929 bits per heavy atom. The van der Waals surface area contributed by atoms with Gasteiger partial charge in [-0.25, -0.2) is 0 Å². The number of H-pyrrole nitrogens is 1. The van der Waals surface area contributed by atoms with E-state index in [0.29, 0.717) is 12.1 Å². The molecule has 1 amide bonds. The number of aromatic nitrogens is 3. The van der Waals surface area contributed by atoms with Gasteiger partial charge in [-0.3, -0.25) is 14.9 Å². The molecule has 5 nitrogen and oxygen atoms in total. The van der Waals surface area contributed by atoms with Crippen molar-refractivity contribution in [3.8, 4) is 22.5 Å². The van der Waals surface area contributed by atoms with Gasteiger partial charge in [0.25, 0.3) is 5.91 Å². The maximum absolute atomic E-state index is 13.3. The fraction of sp³-hybridized carbons (Fsp3) is 0.0870. The molecule has 3 heterocycles. The molecule has 1 aliphatic rings. The molecule has 28 heavy (non-hydrogen) atoms. The highest BCUT2D eigenvalue weighted by atomic mass is 16.2. The van der Waals surface area contributed by atoms with E-state index in [-0.39, 0.29) is 5.91 Å². The monoisotopic (exact) mass is 366 g/mol. The predicted molar refractivity (Wildman–Crippen MR) is 109 cm³/mol. The Morgan fingerprint density at radius 2 is 1.71 bits per heavy atom. The maximum Gasteiger partial charge on any atom is 0.258 e. The summed E-state index contributed by atoms with van der Waals surface area (Å²) in [5.41, 5.74) is 6.44. The summed E-state index contributed by atoms with van der Waals surface area (Å²) in [7, 11) is 0. The zero-order valence-electron chi connectivity index (χ0n) is 15.2. The molecule has 136 valence electrons. The summed E-state index contributed by atoms with van der Waals surface area (Å²) in [6.45, 7) is 0.588. The molecular formula is C23H18N4O. The molecule has 4 aromatic rings. The lowest BCUT2D eigenvalue weighted by atomic mass is 10.0. The summed E-state index contributed by atoms with van der Waals surface area (Å²) in [5.74, 6) is -0.0213. The van der Waals surface area contributed by atoms with Crippen molar-refractivity contribution >= 4 is 11.6 Å². The minimum atomic E-state index is -0.0213. The van der Waals surface area contributed by atoms with Gasteiger partial charge in [-0.1, -0.05) is 42.5 Å². The Bertz CT molecular complexity index is 1130. The second-order valence-corrected chi connectivity index (χ2v) is 6.79. The number of amides is 1. The third kappa shape index (κ3) is 2.77. The van der Waals surface area contributed by atoms with Crippen LogP contribution in [0.1, 0.15) is 15.9 Å². The first kappa shape index (κ1) is 16.4. The molecule has 0 saturated carbocycles. The van der Waals surface area contributed by atoms with E-state index >= 15 is 0 Å². The minimum absolute atomic E-state index is 0.0213. The average Bonchev–Trinajstić information content (AvgIpc) is 3.17. The first-order valence-electron chi connectivity index (χ1n) is 9.26. The molecule has 0 saturated heterocycles. The molecule has 1 N–H and O–H groups in total. The number of benzene rings is 2. The van der Waals surface area contributed by atoms with Gasteiger partial charge < -0.3 is 4.90 Å². The van der Waals surface area contributed by atoms with Crippen molar-refractivity contribution < 1.29 is 4.79 Å². The van der Waals surface area contributed by atoms with Crippen molar-refractivity contribution in [3.63, 3.8) is 0 Å². The quantitative estimate of drug-likeness (QED) is 0.574. The van der Waals surface area contributed by atoms with Gasteiger partial charge in [-0.05, 0) is 41.8 Å². The second-order valence-electron chi connectivity index (χ2n) is 6.79. The van der Waals surface area contributed by atoms with Crippen molar-refractivity contribution in [1.29, 1.82) is 0 Å². The van der Waals surface area contributed by atoms with Gasteiger partial charge in [0.05, 0.1) is 17.6 Å². The Kier molecular flexibility index (Phi) is 3.98. The summed E-state index contributed by atoms with van der Waals surface area (Å²) in [6, 6.07) is 21.7. The molecular weight excluding hydrogens is 348 g/mol. The first-order chi connectivity index (χ1) is 13.8. The lowest BCUT2D eigenvalue weighted by molar-refractivity contribution is 0.0987. The van der Waals surface area contributed by atoms with Crippen LogP contribution in [0.2, 0.25) is 0 Å². The van der Waals surface area contributed by atoms with Gasteiger partial charge in [0.15, 0.2) is 0 Å². The number of rotatable bonds is 2. The lowest BCUT2D eigenvalue weighted by Crippen LogP contribution is -2.32. The molecule has 5 rings (SSSR count). The highest BCUT2D eigenvalue weighted by Crippen LogP contribution is 2.34. The molecule has 0 fully saturated rings. The van der Waals surface area contributed by atoms with E-state index in [1.807, 2.05) is 65.7 Å². The molecule has 0 bridgehead atoms. The van der Waals surface area contributed by atoms with Crippen LogP contribution in [0.5, 0.6) is 0 Å². The number of nitrogens with zero attached hydrogens (tertiary/aromatic N) is 3. The van der Waals surface area contributed by atoms with Crippen molar-refractivity contribution in [2.75, 3.05) is 11.4 Å². The van der Waals surface area contributed by atoms with Crippen LogP contribution in [-0.2, 0) is 6.42 Å². The zero-order valence-corrected chi connectivity index (χ0v) is 15.2. The summed E-state index contributed by atoms with van der Waals surface area (Å²) < 4.78 is 0. The van der Waals surface area contributed by atoms with Crippen LogP contribution in [0.25, 0.3) is 22.5 Å². The Balaban J connectivity index is 1.49. The standard InChI is InChI=1S/C23H18N4O/c28-23(18-10-8-17(9-11-18)16-5-2-1-3-6-16)27-14-12-19-15-25-26-21(19)22-20(27)7-4-13-24-22/h1-11,13,15H,12,14H2,(H,25,26). The number of aromatic amines is 1. The Morgan fingerprint density at radius 3 is 2.54 bits per heavy atom. The van der Waals surface area contributed by atoms with Crippen molar-refractivity contribution in [2.45, 2.75) is 6.42 Å². The topological polar surface area (TPSA) is 61.9 Å². The SMILES string of the molecule is O=C(c1ccc(-c2ccccc2)cc1)N1CCc2cn[nH]c2-c2ncccc21. The lowest BCUT2D eigenvalue weighted by Gasteiger charge is -2.22. The molecule has 2 aromatic heterocycles. The number of nitrogens with one attached hydrogen (secondary N) is 1. The van der Waals surface area contributed by atoms with Crippen LogP contribution in [0, 0.1) is 0 Å². The van der Waals surface area contributed by atoms with Gasteiger partial charge in [0.1, 0.15) is 5.69 Å². The first-order valence-corrected chi connectivity index (χ1v) is 9.26. The van der Waals surface area contributed by atoms with Crippen LogP contribution in [-0.4, -0.2) is 27.6 Å². The van der Waals surface area contributed by atoms with Gasteiger partial charge >= 0.3 is 0 Å². The van der Waals surface area contributed by atoms with Crippen molar-refractivity contribution in [2.24, 2.45) is 0 Å². The van der Waals surface area contributed by atoms with E-state index in [9.17, 15) is 4.79 Å². The number of fused-ring (bicyclic) bond motifs is 3. The highest BCUT2D eigenvalue weighted by molar-refractivity contribution is 6.08. The van der Waals surface area contributed by atoms with Crippen molar-refractivity contribution in [3.05, 3.63) is 90.3 Å². The minimum Gasteiger partial charge on any atom is -0.306 e. The summed E-state index contributed by atoms with van der Waals surface area (Å²) in [6.07, 6.45) is 4.29. The average molecular weight is 366 g/mol. The van der Waals surface area contributed by atoms with Crippen LogP contribution in [0.3, 0.4) is 0 Å². The van der Waals surface area contributed by atoms with Crippen LogP contribution in [0.4, 0.5) is 5.69 Å². The van der Waals surface area contributed by atoms with Gasteiger partial charge in [0.2, 0.25) is 0 Å². The normalized spacial score (nSPS) is 12.8. The number of hydrogen-bond donors (Lipinski definition) is 1. The van der Waals surface area contributed by atoms with E-state index in [1.165, 1.54) is 0 Å². The predicted octanol–water partition coefficient (Wildman–Crippen LogP) is 4.34. The fourth-order valence-corrected chi connectivity index (χ4v) is 3.67. The van der Waals surface area contributed by atoms with Gasteiger partial charge in [0, 0.05) is 23.9 Å². The zero-order chi connectivity index (χ0) is 18.9. The Labute approximate surface area is 162 Å². The molecule has 0 unspecified atom stereocenters. The molecule has 1 aliphatic heterocycles. The van der Waals surface area contributed by atoms with E-state index in [2.05, 4.69) is 27.3 Å². The highest BCUT2D eigenvalue weighted by Gasteiger charge is 2.26. The fourth-order valence-electron chi connectivity index (χ4n) is 3.67. The number of hydrogen-bond acceptors (Lipinski definition) is 3. The van der Waals surface area contributed by atoms with Crippen molar-refractivity contribution in [1.82, 2.24) is 15.2 Å². The number of anilines is 1. The summed E-state index contributed by atoms with van der Waals surface area (Å²) >= 11 is 0. The summed E-state index contributed by atoms with van der Waals surface area (Å²) in [5, 5.41) is 7.17. The third-order valence-electron chi connectivity index (χ3n) is 5.12. The third-order valence-corrected chi connectivity index (χ3v) is 5.12. The molecule has 5 heteroatoms. The molecule has 0 spiro atoms. The second kappa shape index (κ2) is 6.78. The van der Waals surface area contributed by atoms with Crippen LogP contribution < -0.4 is 4.90 Å². The Hall–Kier alpha value is -3.73. The smallest absolute Gasteiger partial charge is 0.258 e. The van der Waals surface area contributed by atoms with Gasteiger partial charge in [-0.2, -0.15) is 5.10 Å². The molecule has 0 atom stereocenters. The van der Waals surface area contributed by atoms with E-state index in [0.717, 1.165) is 40.2 Å². The van der Waals surface area contributed by atoms with E-state index < -0.39 is 0 Å². The van der Waals surface area contributed by atoms with Gasteiger partial charge in [-0.15, -0.1) is 0 Å². The number of carbonyl (C=O) groups is 1. The molecule has 0 radical (unpaired) electrons.